The van der Waals surface area contributed by atoms with Crippen LogP contribution in [-0.2, 0) is 0 Å². The topological polar surface area (TPSA) is 12.0 Å². The molecule has 0 radical (unpaired) electrons. The van der Waals surface area contributed by atoms with Gasteiger partial charge in [0.05, 0.1) is 10.8 Å². The van der Waals surface area contributed by atoms with Crippen molar-refractivity contribution < 1.29 is 0 Å². The number of hydrogen-bond donors (Lipinski definition) is 1. The largest absolute Gasteiger partial charge is 0.360 e. The minimum absolute atomic E-state index is 0.505. The van der Waals surface area contributed by atoms with Crippen molar-refractivity contribution in [3.63, 3.8) is 0 Å². The van der Waals surface area contributed by atoms with Crippen molar-refractivity contribution in [3.8, 4) is 0 Å². The van der Waals surface area contributed by atoms with Gasteiger partial charge in [0.15, 0.2) is 0 Å². The molecule has 236 valence electrons. The van der Waals surface area contributed by atoms with E-state index >= 15 is 0 Å². The Hall–Kier alpha value is -6.44. The van der Waals surface area contributed by atoms with Crippen molar-refractivity contribution in [1.82, 2.24) is 5.32 Å². The molecule has 0 aromatic heterocycles. The van der Waals surface area contributed by atoms with E-state index in [9.17, 15) is 0 Å². The van der Waals surface area contributed by atoms with Gasteiger partial charge in [-0.15, -0.1) is 0 Å². The molecule has 0 fully saturated rings. The molecule has 0 heterocycles. The quantitative estimate of drug-likeness (QED) is 0.229. The summed E-state index contributed by atoms with van der Waals surface area (Å²) in [5, 5.41) is 4.25. The maximum absolute atomic E-state index is 4.25. The van der Waals surface area contributed by atoms with E-state index in [2.05, 4.69) is 187 Å². The van der Waals surface area contributed by atoms with E-state index in [1.165, 1.54) is 100 Å². The van der Waals surface area contributed by atoms with Crippen LogP contribution in [0.4, 0.5) is 0 Å². The van der Waals surface area contributed by atoms with Crippen LogP contribution in [0.1, 0.15) is 44.5 Å². The molecular weight excluding hydrogens is 615 g/mol. The molecule has 0 aliphatic heterocycles. The number of allylic oxidation sites excluding steroid dienone is 14. The lowest BCUT2D eigenvalue weighted by molar-refractivity contribution is 0.577. The highest BCUT2D eigenvalue weighted by molar-refractivity contribution is 6.08. The second-order valence-corrected chi connectivity index (χ2v) is 14.5. The van der Waals surface area contributed by atoms with Crippen molar-refractivity contribution in [2.45, 2.75) is 0 Å². The molecule has 8 aliphatic carbocycles. The Morgan fingerprint density at radius 3 is 1.00 bits per heavy atom. The molecule has 2 spiro atoms. The monoisotopic (exact) mass is 645 g/mol. The molecule has 51 heavy (non-hydrogen) atoms. The minimum atomic E-state index is -0.505. The highest BCUT2D eigenvalue weighted by atomic mass is 15.0. The fraction of sp³-hybridized carbons (Fsp3) is 0.0400. The lowest BCUT2D eigenvalue weighted by atomic mass is 9.61. The molecule has 0 bridgehead atoms. The molecule has 4 aromatic rings. The maximum Gasteiger partial charge on any atom is 0.0798 e. The Morgan fingerprint density at radius 2 is 0.647 bits per heavy atom. The van der Waals surface area contributed by atoms with Gasteiger partial charge in [0.1, 0.15) is 0 Å². The van der Waals surface area contributed by atoms with E-state index in [4.69, 9.17) is 0 Å². The van der Waals surface area contributed by atoms with Crippen molar-refractivity contribution in [2.24, 2.45) is 10.8 Å². The van der Waals surface area contributed by atoms with E-state index < -0.39 is 10.8 Å². The lowest BCUT2D eigenvalue weighted by Crippen LogP contribution is -2.41. The Labute approximate surface area is 297 Å². The number of nitrogens with one attached hydrogen (secondary N) is 1. The first-order valence-corrected chi connectivity index (χ1v) is 17.9. The Bertz CT molecular complexity index is 2520. The van der Waals surface area contributed by atoms with Gasteiger partial charge in [-0.3, -0.25) is 0 Å². The zero-order chi connectivity index (χ0) is 33.3. The molecule has 0 saturated heterocycles. The molecule has 0 saturated carbocycles. The second kappa shape index (κ2) is 9.62. The number of hydrogen-bond acceptors (Lipinski definition) is 1. The number of rotatable bonds is 2. The maximum atomic E-state index is 4.25. The third-order valence-corrected chi connectivity index (χ3v) is 12.2. The van der Waals surface area contributed by atoms with Crippen molar-refractivity contribution in [1.29, 1.82) is 0 Å². The average Bonchev–Trinajstić information content (AvgIpc) is 3.95. The van der Waals surface area contributed by atoms with Crippen molar-refractivity contribution in [2.75, 3.05) is 0 Å². The van der Waals surface area contributed by atoms with Gasteiger partial charge in [-0.2, -0.15) is 0 Å². The van der Waals surface area contributed by atoms with Crippen molar-refractivity contribution >= 4 is 46.6 Å². The van der Waals surface area contributed by atoms with Gasteiger partial charge in [-0.1, -0.05) is 146 Å². The molecule has 2 atom stereocenters. The van der Waals surface area contributed by atoms with Crippen LogP contribution in [0.5, 0.6) is 0 Å². The van der Waals surface area contributed by atoms with Gasteiger partial charge >= 0.3 is 0 Å². The fourth-order valence-electron chi connectivity index (χ4n) is 10.0. The van der Waals surface area contributed by atoms with Gasteiger partial charge in [0.25, 0.3) is 0 Å². The average molecular weight is 646 g/mol. The van der Waals surface area contributed by atoms with Gasteiger partial charge in [-0.25, -0.2) is 0 Å². The normalized spacial score (nSPS) is 24.5. The lowest BCUT2D eigenvalue weighted by Gasteiger charge is -2.46. The zero-order valence-electron chi connectivity index (χ0n) is 27.8. The highest BCUT2D eigenvalue weighted by Gasteiger charge is 2.52. The smallest absolute Gasteiger partial charge is 0.0798 e. The molecule has 1 nitrogen and oxygen atoms in total. The van der Waals surface area contributed by atoms with Gasteiger partial charge in [0, 0.05) is 11.4 Å². The Balaban J connectivity index is 1.08. The summed E-state index contributed by atoms with van der Waals surface area (Å²) in [7, 11) is 0. The predicted octanol–water partition coefficient (Wildman–Crippen LogP) is 11.4. The van der Waals surface area contributed by atoms with E-state index in [1.807, 2.05) is 0 Å². The first kappa shape index (κ1) is 27.4. The van der Waals surface area contributed by atoms with E-state index in [-0.39, 0.29) is 0 Å². The summed E-state index contributed by atoms with van der Waals surface area (Å²) in [5.74, 6) is 0. The zero-order valence-corrected chi connectivity index (χ0v) is 27.8. The molecule has 4 aromatic carbocycles. The highest BCUT2D eigenvalue weighted by Crippen LogP contribution is 2.64. The summed E-state index contributed by atoms with van der Waals surface area (Å²) in [6.45, 7) is 0. The van der Waals surface area contributed by atoms with Crippen LogP contribution < -0.4 is 5.32 Å². The van der Waals surface area contributed by atoms with Gasteiger partial charge < -0.3 is 5.32 Å². The van der Waals surface area contributed by atoms with E-state index in [0.717, 1.165) is 0 Å². The first-order chi connectivity index (χ1) is 25.2. The Kier molecular flexibility index (Phi) is 5.17. The molecule has 12 rings (SSSR count). The second-order valence-electron chi connectivity index (χ2n) is 14.5. The predicted molar refractivity (Wildman–Crippen MR) is 212 cm³/mol. The van der Waals surface area contributed by atoms with Crippen LogP contribution >= 0.6 is 0 Å². The molecule has 2 unspecified atom stereocenters. The van der Waals surface area contributed by atoms with Crippen LogP contribution in [0.3, 0.4) is 0 Å². The van der Waals surface area contributed by atoms with Crippen LogP contribution in [0, 0.1) is 10.8 Å². The van der Waals surface area contributed by atoms with E-state index in [0.29, 0.717) is 0 Å². The summed E-state index contributed by atoms with van der Waals surface area (Å²) in [5.41, 5.74) is 22.2. The summed E-state index contributed by atoms with van der Waals surface area (Å²) >= 11 is 0. The van der Waals surface area contributed by atoms with Crippen LogP contribution in [-0.4, -0.2) is 0 Å². The number of benzene rings is 4. The summed E-state index contributed by atoms with van der Waals surface area (Å²) in [4.78, 5) is 0. The van der Waals surface area contributed by atoms with Crippen LogP contribution in [0.15, 0.2) is 192 Å². The van der Waals surface area contributed by atoms with Crippen LogP contribution in [0.25, 0.3) is 46.6 Å². The minimum Gasteiger partial charge on any atom is -0.360 e. The van der Waals surface area contributed by atoms with E-state index in [1.54, 1.807) is 0 Å². The molecule has 0 amide bonds. The third-order valence-electron chi connectivity index (χ3n) is 12.2. The van der Waals surface area contributed by atoms with Crippen molar-refractivity contribution in [3.05, 3.63) is 236 Å². The molecule has 1 heteroatoms. The summed E-state index contributed by atoms with van der Waals surface area (Å²) in [6, 6.07) is 35.4. The van der Waals surface area contributed by atoms with Gasteiger partial charge in [-0.05, 0) is 126 Å². The molecular formula is C50H31N. The third kappa shape index (κ3) is 3.36. The SMILES string of the molecule is C1=CC2(C(NC3=CC=C4C(=Cc5ccccc54)C34C=CC=C3C4=Cc4ccccc43)=CC=C3C2=Cc2ccccc23)C2=Cc3ccccc3C2=C1. The molecule has 8 aliphatic rings. The summed E-state index contributed by atoms with van der Waals surface area (Å²) < 4.78 is 0. The fourth-order valence-corrected chi connectivity index (χ4v) is 10.0. The standard InChI is InChI=1S/C50H31N/c1-5-15-35-31(11-1)27-43-39(35)19-9-25-49(43)45-29-33-13-3-7-17-37(33)41(45)21-23-47(49)51-48-24-22-42-38-18-8-4-14-34(38)30-46(42)50(48)26-10-20-40-36-16-6-2-12-32(36)28-44(40)50/h1-30,51H. The van der Waals surface area contributed by atoms with Gasteiger partial charge in [0.2, 0.25) is 0 Å². The molecule has 1 N–H and O–H groups in total. The summed E-state index contributed by atoms with van der Waals surface area (Å²) in [6.07, 6.45) is 33.2. The Morgan fingerprint density at radius 1 is 0.333 bits per heavy atom. The first-order valence-electron chi connectivity index (χ1n) is 17.9. The van der Waals surface area contributed by atoms with Crippen LogP contribution in [0.2, 0.25) is 0 Å². The number of fused-ring (bicyclic) bond motifs is 16.